The van der Waals surface area contributed by atoms with Crippen LogP contribution in [0.5, 0.6) is 5.75 Å². The quantitative estimate of drug-likeness (QED) is 0.465. The topological polar surface area (TPSA) is 72.9 Å². The summed E-state index contributed by atoms with van der Waals surface area (Å²) < 4.78 is 37.6. The lowest BCUT2D eigenvalue weighted by molar-refractivity contribution is 0.0600. The van der Waals surface area contributed by atoms with Crippen molar-refractivity contribution in [1.82, 2.24) is 0 Å². The van der Waals surface area contributed by atoms with Crippen LogP contribution in [0, 0.1) is 6.92 Å². The number of hydrogen-bond acceptors (Lipinski definition) is 5. The summed E-state index contributed by atoms with van der Waals surface area (Å²) in [4.78, 5) is 11.7. The number of ether oxygens (including phenoxy) is 2. The number of sulfonamides is 1. The third-order valence-electron chi connectivity index (χ3n) is 3.99. The molecule has 0 heterocycles. The molecule has 0 aliphatic heterocycles. The molecule has 0 atom stereocenters. The summed E-state index contributed by atoms with van der Waals surface area (Å²) in [6.07, 6.45) is 1.43. The van der Waals surface area contributed by atoms with Crippen molar-refractivity contribution in [2.24, 2.45) is 0 Å². The summed E-state index contributed by atoms with van der Waals surface area (Å²) in [6, 6.07) is 7.38. The summed E-state index contributed by atoms with van der Waals surface area (Å²) in [7, 11) is -1.48. The Kier molecular flexibility index (Phi) is 6.98. The van der Waals surface area contributed by atoms with Crippen LogP contribution in [0.15, 0.2) is 47.9 Å². The summed E-state index contributed by atoms with van der Waals surface area (Å²) in [5.74, 6) is -0.326. The van der Waals surface area contributed by atoms with Crippen molar-refractivity contribution < 1.29 is 22.7 Å². The number of hydrogen-bond donors (Lipinski definition) is 0. The Morgan fingerprint density at radius 2 is 1.86 bits per heavy atom. The van der Waals surface area contributed by atoms with E-state index < -0.39 is 16.0 Å². The maximum Gasteiger partial charge on any atom is 0.337 e. The maximum absolute atomic E-state index is 13.4. The molecule has 0 N–H and O–H groups in total. The summed E-state index contributed by atoms with van der Waals surface area (Å²) >= 11 is 12.3. The molecule has 0 aromatic heterocycles. The zero-order valence-electron chi connectivity index (χ0n) is 15.5. The number of esters is 1. The van der Waals surface area contributed by atoms with Gasteiger partial charge < -0.3 is 9.47 Å². The number of benzene rings is 2. The highest BCUT2D eigenvalue weighted by atomic mass is 35.5. The third kappa shape index (κ3) is 4.11. The lowest BCUT2D eigenvalue weighted by Gasteiger charge is -2.26. The van der Waals surface area contributed by atoms with Crippen LogP contribution in [-0.4, -0.2) is 35.2 Å². The zero-order chi connectivity index (χ0) is 21.1. The second kappa shape index (κ2) is 8.86. The van der Waals surface area contributed by atoms with Gasteiger partial charge in [-0.05, 0) is 36.8 Å². The standard InChI is InChI=1S/C19H19Cl2NO5S/c1-5-10-22(14-11-13(19(23)27-4)7-6-12(14)2)28(24,25)16-9-8-15(26-3)17(20)18(16)21/h5-9,11H,1,10H2,2-4H3. The van der Waals surface area contributed by atoms with Crippen LogP contribution in [0.1, 0.15) is 15.9 Å². The molecule has 0 fully saturated rings. The second-order valence-corrected chi connectivity index (χ2v) is 8.30. The Morgan fingerprint density at radius 1 is 1.18 bits per heavy atom. The highest BCUT2D eigenvalue weighted by Crippen LogP contribution is 2.39. The van der Waals surface area contributed by atoms with Crippen molar-refractivity contribution in [3.05, 3.63) is 64.2 Å². The van der Waals surface area contributed by atoms with E-state index in [1.165, 1.54) is 38.5 Å². The fourth-order valence-corrected chi connectivity index (χ4v) is 4.87. The van der Waals surface area contributed by atoms with Gasteiger partial charge in [-0.2, -0.15) is 0 Å². The monoisotopic (exact) mass is 443 g/mol. The molecular formula is C19H19Cl2NO5S. The lowest BCUT2D eigenvalue weighted by atomic mass is 10.1. The van der Waals surface area contributed by atoms with Crippen molar-refractivity contribution in [1.29, 1.82) is 0 Å². The third-order valence-corrected chi connectivity index (χ3v) is 6.79. The molecule has 6 nitrogen and oxygen atoms in total. The summed E-state index contributed by atoms with van der Waals surface area (Å²) in [5.41, 5.74) is 1.14. The molecule has 0 aliphatic carbocycles. The van der Waals surface area contributed by atoms with Crippen LogP contribution >= 0.6 is 23.2 Å². The number of nitrogens with zero attached hydrogens (tertiary/aromatic N) is 1. The van der Waals surface area contributed by atoms with Crippen molar-refractivity contribution >= 4 is 44.9 Å². The second-order valence-electron chi connectivity index (χ2n) is 5.71. The van der Waals surface area contributed by atoms with Crippen LogP contribution in [-0.2, 0) is 14.8 Å². The predicted octanol–water partition coefficient (Wildman–Crippen LogP) is 4.48. The molecule has 2 rings (SSSR count). The van der Waals surface area contributed by atoms with E-state index in [1.54, 1.807) is 19.1 Å². The van der Waals surface area contributed by atoms with Gasteiger partial charge in [0.2, 0.25) is 0 Å². The van der Waals surface area contributed by atoms with Gasteiger partial charge in [0.05, 0.1) is 37.0 Å². The molecule has 0 bridgehead atoms. The molecule has 9 heteroatoms. The predicted molar refractivity (Wildman–Crippen MR) is 110 cm³/mol. The van der Waals surface area contributed by atoms with Crippen LogP contribution in [0.4, 0.5) is 5.69 Å². The van der Waals surface area contributed by atoms with Crippen LogP contribution < -0.4 is 9.04 Å². The van der Waals surface area contributed by atoms with Crippen LogP contribution in [0.3, 0.4) is 0 Å². The Hall–Kier alpha value is -2.22. The van der Waals surface area contributed by atoms with Crippen molar-refractivity contribution in [3.8, 4) is 5.75 Å². The van der Waals surface area contributed by atoms with E-state index in [2.05, 4.69) is 6.58 Å². The fraction of sp³-hybridized carbons (Fsp3) is 0.211. The number of carbonyl (C=O) groups is 1. The average Bonchev–Trinajstić information content (AvgIpc) is 2.67. The van der Waals surface area contributed by atoms with Gasteiger partial charge in [-0.3, -0.25) is 4.31 Å². The van der Waals surface area contributed by atoms with E-state index in [4.69, 9.17) is 32.7 Å². The molecule has 0 saturated carbocycles. The van der Waals surface area contributed by atoms with E-state index in [9.17, 15) is 13.2 Å². The zero-order valence-corrected chi connectivity index (χ0v) is 17.9. The van der Waals surface area contributed by atoms with Gasteiger partial charge in [0, 0.05) is 0 Å². The van der Waals surface area contributed by atoms with Gasteiger partial charge in [-0.15, -0.1) is 6.58 Å². The number of carbonyl (C=O) groups excluding carboxylic acids is 1. The SMILES string of the molecule is C=CCN(c1cc(C(=O)OC)ccc1C)S(=O)(=O)c1ccc(OC)c(Cl)c1Cl. The molecule has 0 aliphatic rings. The minimum Gasteiger partial charge on any atom is -0.495 e. The molecule has 2 aromatic rings. The molecule has 0 spiro atoms. The average molecular weight is 444 g/mol. The first-order valence-corrected chi connectivity index (χ1v) is 10.2. The molecule has 150 valence electrons. The number of rotatable bonds is 7. The van der Waals surface area contributed by atoms with E-state index in [0.717, 1.165) is 4.31 Å². The van der Waals surface area contributed by atoms with Gasteiger partial charge in [0.15, 0.2) is 0 Å². The molecule has 0 amide bonds. The maximum atomic E-state index is 13.4. The van der Waals surface area contributed by atoms with Crippen molar-refractivity contribution in [3.63, 3.8) is 0 Å². The van der Waals surface area contributed by atoms with Crippen molar-refractivity contribution in [2.45, 2.75) is 11.8 Å². The molecule has 0 unspecified atom stereocenters. The summed E-state index contributed by atoms with van der Waals surface area (Å²) in [5, 5.41) is -0.166. The fourth-order valence-electron chi connectivity index (χ4n) is 2.56. The van der Waals surface area contributed by atoms with Crippen molar-refractivity contribution in [2.75, 3.05) is 25.1 Å². The Bertz CT molecular complexity index is 1020. The van der Waals surface area contributed by atoms with Gasteiger partial charge in [-0.25, -0.2) is 13.2 Å². The van der Waals surface area contributed by atoms with Gasteiger partial charge in [-0.1, -0.05) is 35.3 Å². The number of aryl methyl sites for hydroxylation is 1. The summed E-state index contributed by atoms with van der Waals surface area (Å²) in [6.45, 7) is 5.31. The highest BCUT2D eigenvalue weighted by molar-refractivity contribution is 7.93. The smallest absolute Gasteiger partial charge is 0.337 e. The number of anilines is 1. The lowest BCUT2D eigenvalue weighted by Crippen LogP contribution is -2.32. The Balaban J connectivity index is 2.69. The molecule has 0 radical (unpaired) electrons. The number of halogens is 2. The van der Waals surface area contributed by atoms with E-state index in [1.807, 2.05) is 0 Å². The van der Waals surface area contributed by atoms with Gasteiger partial charge >= 0.3 is 5.97 Å². The van der Waals surface area contributed by atoms with Crippen LogP contribution in [0.2, 0.25) is 10.0 Å². The number of methoxy groups -OCH3 is 2. The van der Waals surface area contributed by atoms with Gasteiger partial charge in [0.1, 0.15) is 15.7 Å². The first kappa shape index (κ1) is 22.1. The minimum absolute atomic E-state index is 0.0103. The van der Waals surface area contributed by atoms with E-state index >= 15 is 0 Å². The first-order chi connectivity index (χ1) is 13.2. The highest BCUT2D eigenvalue weighted by Gasteiger charge is 2.30. The van der Waals surface area contributed by atoms with Gasteiger partial charge in [0.25, 0.3) is 10.0 Å². The van der Waals surface area contributed by atoms with E-state index in [0.29, 0.717) is 11.3 Å². The Morgan fingerprint density at radius 3 is 2.43 bits per heavy atom. The molecule has 0 saturated heterocycles. The Labute approximate surface area is 174 Å². The molecule has 2 aromatic carbocycles. The van der Waals surface area contributed by atoms with E-state index in [-0.39, 0.29) is 32.8 Å². The minimum atomic E-state index is -4.13. The molecule has 28 heavy (non-hydrogen) atoms. The normalized spacial score (nSPS) is 11.0. The first-order valence-electron chi connectivity index (χ1n) is 8.03. The largest absolute Gasteiger partial charge is 0.495 e. The molecular weight excluding hydrogens is 425 g/mol. The van der Waals surface area contributed by atoms with Crippen LogP contribution in [0.25, 0.3) is 0 Å².